The quantitative estimate of drug-likeness (QED) is 0.901. The van der Waals surface area contributed by atoms with Gasteiger partial charge in [0.1, 0.15) is 5.75 Å². The molecule has 2 N–H and O–H groups in total. The molecule has 1 atom stereocenters. The van der Waals surface area contributed by atoms with Gasteiger partial charge < -0.3 is 10.5 Å². The number of hydrogen-bond acceptors (Lipinski definition) is 4. The Morgan fingerprint density at radius 1 is 1.47 bits per heavy atom. The molecule has 1 aliphatic rings. The maximum absolute atomic E-state index is 5.86. The van der Waals surface area contributed by atoms with Gasteiger partial charge in [0, 0.05) is 15.3 Å². The summed E-state index contributed by atoms with van der Waals surface area (Å²) in [6.07, 6.45) is 3.34. The molecule has 0 amide bonds. The van der Waals surface area contributed by atoms with Gasteiger partial charge in [0.25, 0.3) is 0 Å². The lowest BCUT2D eigenvalue weighted by atomic mass is 9.86. The Kier molecular flexibility index (Phi) is 3.50. The smallest absolute Gasteiger partial charge is 0.180 e. The molecule has 1 heterocycles. The molecule has 0 spiro atoms. The first-order valence-corrected chi connectivity index (χ1v) is 7.88. The minimum Gasteiger partial charge on any atom is -0.497 e. The summed E-state index contributed by atoms with van der Waals surface area (Å²) in [6.45, 7) is 0. The number of fused-ring (bicyclic) bond motifs is 1. The maximum atomic E-state index is 5.86. The Labute approximate surface area is 124 Å². The van der Waals surface area contributed by atoms with Crippen LogP contribution in [-0.4, -0.2) is 12.1 Å². The lowest BCUT2D eigenvalue weighted by Crippen LogP contribution is -2.09. The van der Waals surface area contributed by atoms with Crippen molar-refractivity contribution in [2.75, 3.05) is 12.8 Å². The van der Waals surface area contributed by atoms with E-state index in [1.807, 2.05) is 12.1 Å². The fourth-order valence-corrected chi connectivity index (χ4v) is 4.21. The number of thiazole rings is 1. The van der Waals surface area contributed by atoms with Crippen LogP contribution in [0.25, 0.3) is 0 Å². The van der Waals surface area contributed by atoms with E-state index < -0.39 is 0 Å². The predicted octanol–water partition coefficient (Wildman–Crippen LogP) is 3.96. The molecule has 1 aromatic carbocycles. The van der Waals surface area contributed by atoms with Crippen LogP contribution in [0, 0.1) is 0 Å². The molecule has 1 aromatic heterocycles. The lowest BCUT2D eigenvalue weighted by molar-refractivity contribution is 0.413. The van der Waals surface area contributed by atoms with E-state index in [2.05, 4.69) is 27.0 Å². The van der Waals surface area contributed by atoms with Gasteiger partial charge in [-0.3, -0.25) is 0 Å². The van der Waals surface area contributed by atoms with Crippen molar-refractivity contribution >= 4 is 32.4 Å². The molecule has 0 radical (unpaired) electrons. The Bertz CT molecular complexity index is 611. The van der Waals surface area contributed by atoms with Crippen molar-refractivity contribution in [3.63, 3.8) is 0 Å². The number of anilines is 1. The normalized spacial score (nSPS) is 18.1. The van der Waals surface area contributed by atoms with Crippen LogP contribution < -0.4 is 10.5 Å². The fourth-order valence-electron chi connectivity index (χ4n) is 2.65. The van der Waals surface area contributed by atoms with Gasteiger partial charge in [-0.25, -0.2) is 4.98 Å². The van der Waals surface area contributed by atoms with E-state index in [1.54, 1.807) is 18.4 Å². The number of nitrogens with two attached hydrogens (primary N) is 1. The van der Waals surface area contributed by atoms with Gasteiger partial charge in [0.15, 0.2) is 5.13 Å². The Morgan fingerprint density at radius 3 is 3.11 bits per heavy atom. The van der Waals surface area contributed by atoms with E-state index in [0.717, 1.165) is 29.5 Å². The van der Waals surface area contributed by atoms with E-state index in [0.29, 0.717) is 11.0 Å². The van der Waals surface area contributed by atoms with Crippen LogP contribution in [-0.2, 0) is 6.42 Å². The van der Waals surface area contributed by atoms with Crippen molar-refractivity contribution in [1.82, 2.24) is 4.98 Å². The highest BCUT2D eigenvalue weighted by Gasteiger charge is 2.27. The minimum absolute atomic E-state index is 0.378. The van der Waals surface area contributed by atoms with Crippen LogP contribution in [0.4, 0.5) is 5.13 Å². The predicted molar refractivity (Wildman–Crippen MR) is 82.0 cm³/mol. The van der Waals surface area contributed by atoms with Crippen LogP contribution in [0.15, 0.2) is 22.7 Å². The van der Waals surface area contributed by atoms with Gasteiger partial charge in [-0.1, -0.05) is 15.9 Å². The molecule has 100 valence electrons. The summed E-state index contributed by atoms with van der Waals surface area (Å²) in [7, 11) is 1.70. The number of rotatable bonds is 2. The summed E-state index contributed by atoms with van der Waals surface area (Å²) >= 11 is 5.27. The average molecular weight is 339 g/mol. The van der Waals surface area contributed by atoms with Gasteiger partial charge in [-0.2, -0.15) is 0 Å². The Balaban J connectivity index is 2.08. The fraction of sp³-hybridized carbons (Fsp3) is 0.357. The molecule has 19 heavy (non-hydrogen) atoms. The second kappa shape index (κ2) is 5.13. The number of aryl methyl sites for hydroxylation is 1. The molecule has 0 bridgehead atoms. The van der Waals surface area contributed by atoms with E-state index in [-0.39, 0.29) is 0 Å². The lowest BCUT2D eigenvalue weighted by Gasteiger charge is -2.23. The number of nitrogens with zero attached hydrogens (tertiary/aromatic N) is 1. The molecule has 0 aliphatic heterocycles. The first kappa shape index (κ1) is 12.9. The van der Waals surface area contributed by atoms with Gasteiger partial charge in [-0.05, 0) is 43.0 Å². The topological polar surface area (TPSA) is 48.1 Å². The second-order valence-electron chi connectivity index (χ2n) is 4.70. The zero-order valence-electron chi connectivity index (χ0n) is 10.6. The monoisotopic (exact) mass is 338 g/mol. The largest absolute Gasteiger partial charge is 0.497 e. The van der Waals surface area contributed by atoms with Crippen molar-refractivity contribution in [3.8, 4) is 5.75 Å². The van der Waals surface area contributed by atoms with Crippen molar-refractivity contribution in [2.45, 2.75) is 25.2 Å². The van der Waals surface area contributed by atoms with Crippen molar-refractivity contribution in [2.24, 2.45) is 0 Å². The highest BCUT2D eigenvalue weighted by atomic mass is 79.9. The van der Waals surface area contributed by atoms with Gasteiger partial charge in [0.2, 0.25) is 0 Å². The molecule has 5 heteroatoms. The molecule has 0 saturated carbocycles. The standard InChI is InChI=1S/C14H15BrN2OS/c1-18-8-5-6-11(15)10(7-8)9-3-2-4-12-13(9)19-14(16)17-12/h5-7,9H,2-4H2,1H3,(H2,16,17). The van der Waals surface area contributed by atoms with Crippen LogP contribution in [0.5, 0.6) is 5.75 Å². The first-order chi connectivity index (χ1) is 9.19. The summed E-state index contributed by atoms with van der Waals surface area (Å²) in [5.74, 6) is 1.27. The molecule has 0 saturated heterocycles. The Hall–Kier alpha value is -1.07. The second-order valence-corrected chi connectivity index (χ2v) is 6.61. The third kappa shape index (κ3) is 2.37. The molecule has 1 aliphatic carbocycles. The van der Waals surface area contributed by atoms with Gasteiger partial charge >= 0.3 is 0 Å². The molecular weight excluding hydrogens is 324 g/mol. The third-order valence-corrected chi connectivity index (χ3v) is 5.31. The SMILES string of the molecule is COc1ccc(Br)c(C2CCCc3nc(N)sc32)c1. The number of halogens is 1. The van der Waals surface area contributed by atoms with Crippen LogP contribution in [0.2, 0.25) is 0 Å². The zero-order valence-corrected chi connectivity index (χ0v) is 13.1. The van der Waals surface area contributed by atoms with Crippen LogP contribution >= 0.6 is 27.3 Å². The van der Waals surface area contributed by atoms with Crippen LogP contribution in [0.1, 0.15) is 34.9 Å². The number of hydrogen-bond donors (Lipinski definition) is 1. The summed E-state index contributed by atoms with van der Waals surface area (Å²) in [4.78, 5) is 5.77. The van der Waals surface area contributed by atoms with Gasteiger partial charge in [0.05, 0.1) is 12.8 Å². The summed E-state index contributed by atoms with van der Waals surface area (Å²) < 4.78 is 6.46. The maximum Gasteiger partial charge on any atom is 0.180 e. The molecule has 3 nitrogen and oxygen atoms in total. The number of aromatic nitrogens is 1. The van der Waals surface area contributed by atoms with Crippen molar-refractivity contribution in [3.05, 3.63) is 38.8 Å². The van der Waals surface area contributed by atoms with E-state index in [1.165, 1.54) is 16.1 Å². The number of benzene rings is 1. The highest BCUT2D eigenvalue weighted by molar-refractivity contribution is 9.10. The third-order valence-electron chi connectivity index (χ3n) is 3.55. The minimum atomic E-state index is 0.378. The summed E-state index contributed by atoms with van der Waals surface area (Å²) in [6, 6.07) is 6.13. The van der Waals surface area contributed by atoms with E-state index >= 15 is 0 Å². The highest BCUT2D eigenvalue weighted by Crippen LogP contribution is 2.43. The van der Waals surface area contributed by atoms with Gasteiger partial charge in [-0.15, -0.1) is 11.3 Å². The van der Waals surface area contributed by atoms with Crippen molar-refractivity contribution in [1.29, 1.82) is 0 Å². The number of methoxy groups -OCH3 is 1. The molecule has 1 unspecified atom stereocenters. The number of nitrogen functional groups attached to an aromatic ring is 1. The van der Waals surface area contributed by atoms with Crippen molar-refractivity contribution < 1.29 is 4.74 Å². The molecule has 2 aromatic rings. The summed E-state index contributed by atoms with van der Waals surface area (Å²) in [5.41, 5.74) is 8.31. The van der Waals surface area contributed by atoms with E-state index in [9.17, 15) is 0 Å². The Morgan fingerprint density at radius 2 is 2.32 bits per heavy atom. The average Bonchev–Trinajstić information content (AvgIpc) is 2.79. The van der Waals surface area contributed by atoms with Crippen LogP contribution in [0.3, 0.4) is 0 Å². The van der Waals surface area contributed by atoms with E-state index in [4.69, 9.17) is 10.5 Å². The number of ether oxygens (including phenoxy) is 1. The summed E-state index contributed by atoms with van der Waals surface area (Å²) in [5, 5.41) is 0.677. The molecule has 0 fully saturated rings. The molecule has 3 rings (SSSR count). The zero-order chi connectivity index (χ0) is 13.4. The molecular formula is C14H15BrN2OS. The first-order valence-electron chi connectivity index (χ1n) is 6.27.